The highest BCUT2D eigenvalue weighted by molar-refractivity contribution is 7.23. The van der Waals surface area contributed by atoms with Gasteiger partial charge in [0.25, 0.3) is 0 Å². The van der Waals surface area contributed by atoms with Crippen LogP contribution in [0, 0.1) is 34.9 Å². The maximum absolute atomic E-state index is 15.2. The van der Waals surface area contributed by atoms with Crippen LogP contribution in [0.4, 0.5) is 26.3 Å². The predicted octanol–water partition coefficient (Wildman–Crippen LogP) is 10.3. The minimum atomic E-state index is -3.72. The van der Waals surface area contributed by atoms with Gasteiger partial charge in [0.05, 0.1) is 0 Å². The molecule has 45 heavy (non-hydrogen) atoms. The summed E-state index contributed by atoms with van der Waals surface area (Å²) in [5, 5.41) is 1.14. The average molecular weight is 627 g/mol. The Morgan fingerprint density at radius 2 is 0.733 bits per heavy atom. The first-order valence-electron chi connectivity index (χ1n) is 14.4. The molecule has 0 bridgehead atoms. The van der Waals surface area contributed by atoms with Gasteiger partial charge < -0.3 is 0 Å². The number of benzene rings is 5. The fourth-order valence-electron chi connectivity index (χ4n) is 6.82. The smallest absolute Gasteiger partial charge is 0.194 e. The summed E-state index contributed by atoms with van der Waals surface area (Å²) in [6.07, 6.45) is 0. The van der Waals surface area contributed by atoms with Crippen molar-refractivity contribution >= 4 is 34.8 Å². The van der Waals surface area contributed by atoms with Crippen LogP contribution >= 0.6 is 0 Å². The molecule has 7 heteroatoms. The van der Waals surface area contributed by atoms with Crippen LogP contribution in [-0.4, -0.2) is 8.07 Å². The molecular weight excluding hydrogens is 598 g/mol. The van der Waals surface area contributed by atoms with Crippen molar-refractivity contribution in [2.75, 3.05) is 0 Å². The van der Waals surface area contributed by atoms with Crippen LogP contribution in [-0.2, 0) is 0 Å². The lowest BCUT2D eigenvalue weighted by Gasteiger charge is -2.45. The van der Waals surface area contributed by atoms with Crippen molar-refractivity contribution in [3.63, 3.8) is 0 Å². The second kappa shape index (κ2) is 11.4. The molecule has 1 aliphatic heterocycles. The highest BCUT2D eigenvalue weighted by Gasteiger charge is 2.58. The van der Waals surface area contributed by atoms with E-state index >= 15 is 17.6 Å². The summed E-state index contributed by atoms with van der Waals surface area (Å²) in [7, 11) is -3.72. The molecule has 0 radical (unpaired) electrons. The lowest BCUT2D eigenvalue weighted by atomic mass is 9.89. The zero-order valence-electron chi connectivity index (χ0n) is 24.7. The molecule has 0 saturated heterocycles. The topological polar surface area (TPSA) is 0 Å². The quantitative estimate of drug-likeness (QED) is 0.103. The van der Waals surface area contributed by atoms with Crippen LogP contribution < -0.4 is 5.19 Å². The molecule has 5 aromatic rings. The van der Waals surface area contributed by atoms with Crippen LogP contribution in [0.5, 0.6) is 0 Å². The zero-order chi connectivity index (χ0) is 32.1. The third kappa shape index (κ3) is 4.86. The van der Waals surface area contributed by atoms with E-state index in [4.69, 9.17) is 0 Å². The van der Waals surface area contributed by atoms with Gasteiger partial charge in [-0.1, -0.05) is 112 Å². The van der Waals surface area contributed by atoms with Crippen molar-refractivity contribution in [2.45, 2.75) is 25.8 Å². The van der Waals surface area contributed by atoms with Gasteiger partial charge in [0.15, 0.2) is 43.0 Å². The summed E-state index contributed by atoms with van der Waals surface area (Å²) in [4.78, 5) is 0. The minimum absolute atomic E-state index is 0.113. The van der Waals surface area contributed by atoms with Crippen LogP contribution in [0.1, 0.15) is 43.0 Å². The van der Waals surface area contributed by atoms with Crippen molar-refractivity contribution in [3.8, 4) is 0 Å². The summed E-state index contributed by atoms with van der Waals surface area (Å²) >= 11 is 0. The van der Waals surface area contributed by atoms with Gasteiger partial charge in [-0.3, -0.25) is 0 Å². The van der Waals surface area contributed by atoms with Gasteiger partial charge in [-0.15, -0.1) is 0 Å². The Bertz CT molecular complexity index is 1810. The van der Waals surface area contributed by atoms with Gasteiger partial charge in [-0.05, 0) is 78.3 Å². The minimum Gasteiger partial charge on any atom is -0.204 e. The Balaban J connectivity index is 1.95. The SMILES string of the molecule is CC(C)(C)[Si]1(c2ccccc2)C(c2cc(F)c(F)c(F)c2)=C(c2ccccc2)C(c2ccccc2)=C1c1cc(F)c(F)c(F)c1. The van der Waals surface area contributed by atoms with Crippen molar-refractivity contribution in [1.82, 2.24) is 0 Å². The van der Waals surface area contributed by atoms with Gasteiger partial charge in [-0.2, -0.15) is 0 Å². The maximum Gasteiger partial charge on any atom is 0.194 e. The summed E-state index contributed by atoms with van der Waals surface area (Å²) < 4.78 is 89.7. The van der Waals surface area contributed by atoms with E-state index in [-0.39, 0.29) is 11.1 Å². The molecule has 0 N–H and O–H groups in total. The number of halogens is 6. The van der Waals surface area contributed by atoms with Crippen molar-refractivity contribution in [1.29, 1.82) is 0 Å². The number of hydrogen-bond donors (Lipinski definition) is 0. The van der Waals surface area contributed by atoms with E-state index in [1.165, 1.54) is 0 Å². The second-order valence-corrected chi connectivity index (χ2v) is 16.7. The molecule has 0 unspecified atom stereocenters. The van der Waals surface area contributed by atoms with E-state index in [0.29, 0.717) is 32.7 Å². The van der Waals surface area contributed by atoms with Crippen LogP contribution in [0.15, 0.2) is 115 Å². The van der Waals surface area contributed by atoms with Crippen molar-refractivity contribution < 1.29 is 26.3 Å². The Morgan fingerprint density at radius 1 is 0.422 bits per heavy atom. The third-order valence-corrected chi connectivity index (χ3v) is 14.5. The van der Waals surface area contributed by atoms with Crippen LogP contribution in [0.25, 0.3) is 21.5 Å². The van der Waals surface area contributed by atoms with Crippen LogP contribution in [0.2, 0.25) is 5.04 Å². The molecular formula is C38H28F6Si. The normalized spacial score (nSPS) is 14.8. The van der Waals surface area contributed by atoms with E-state index in [0.717, 1.165) is 29.5 Å². The first-order valence-corrected chi connectivity index (χ1v) is 16.4. The van der Waals surface area contributed by atoms with Gasteiger partial charge in [0.2, 0.25) is 0 Å². The first-order chi connectivity index (χ1) is 21.5. The molecule has 5 aromatic carbocycles. The molecule has 0 amide bonds. The maximum atomic E-state index is 15.2. The summed E-state index contributed by atoms with van der Waals surface area (Å²) in [6.45, 7) is 5.94. The predicted molar refractivity (Wildman–Crippen MR) is 171 cm³/mol. The highest BCUT2D eigenvalue weighted by Crippen LogP contribution is 2.62. The second-order valence-electron chi connectivity index (χ2n) is 12.1. The Hall–Kier alpha value is -4.62. The number of rotatable bonds is 5. The first kappa shape index (κ1) is 30.4. The average Bonchev–Trinajstić information content (AvgIpc) is 3.36. The van der Waals surface area contributed by atoms with E-state index in [9.17, 15) is 8.78 Å². The monoisotopic (exact) mass is 626 g/mol. The molecule has 0 atom stereocenters. The summed E-state index contributed by atoms with van der Waals surface area (Å²) in [5.74, 6) is -8.63. The Labute approximate surface area is 259 Å². The lowest BCUT2D eigenvalue weighted by Crippen LogP contribution is -2.56. The highest BCUT2D eigenvalue weighted by atomic mass is 28.3. The van der Waals surface area contributed by atoms with Crippen molar-refractivity contribution in [2.24, 2.45) is 0 Å². The van der Waals surface area contributed by atoms with E-state index in [2.05, 4.69) is 0 Å². The summed E-state index contributed by atoms with van der Waals surface area (Å²) in [5.41, 5.74) is 2.79. The van der Waals surface area contributed by atoms with E-state index in [1.807, 2.05) is 112 Å². The lowest BCUT2D eigenvalue weighted by molar-refractivity contribution is 0.447. The number of hydrogen-bond acceptors (Lipinski definition) is 0. The summed E-state index contributed by atoms with van der Waals surface area (Å²) in [6, 6.07) is 31.7. The van der Waals surface area contributed by atoms with Gasteiger partial charge in [0, 0.05) is 0 Å². The Kier molecular flexibility index (Phi) is 7.69. The van der Waals surface area contributed by atoms with E-state index < -0.39 is 48.0 Å². The molecule has 0 aromatic heterocycles. The molecule has 0 nitrogen and oxygen atoms in total. The Morgan fingerprint density at radius 3 is 1.04 bits per heavy atom. The molecule has 0 fully saturated rings. The zero-order valence-corrected chi connectivity index (χ0v) is 25.7. The molecule has 0 saturated carbocycles. The van der Waals surface area contributed by atoms with Gasteiger partial charge in [-0.25, -0.2) is 26.3 Å². The number of allylic oxidation sites excluding steroid dienone is 2. The molecule has 0 spiro atoms. The largest absolute Gasteiger partial charge is 0.204 e. The van der Waals surface area contributed by atoms with Crippen molar-refractivity contribution in [3.05, 3.63) is 172 Å². The standard InChI is InChI=1S/C38H28F6Si/c1-38(2,3)45(27-17-11-6-12-18-27)36(25-19-28(39)34(43)29(40)20-25)32(23-13-7-4-8-14-23)33(24-15-9-5-10-16-24)37(45)26-21-30(41)35(44)31(42)22-26/h4-22H,1-3H3. The molecule has 0 aliphatic carbocycles. The molecule has 6 rings (SSSR count). The molecule has 226 valence electrons. The van der Waals surface area contributed by atoms with E-state index in [1.54, 1.807) is 0 Å². The fourth-order valence-corrected chi connectivity index (χ4v) is 13.1. The molecule has 1 aliphatic rings. The third-order valence-electron chi connectivity index (χ3n) is 8.50. The van der Waals surface area contributed by atoms with Crippen LogP contribution in [0.3, 0.4) is 0 Å². The fraction of sp³-hybridized carbons (Fsp3) is 0.105. The van der Waals surface area contributed by atoms with Gasteiger partial charge in [0.1, 0.15) is 0 Å². The van der Waals surface area contributed by atoms with Gasteiger partial charge >= 0.3 is 0 Å². The molecule has 1 heterocycles.